The second-order valence-electron chi connectivity index (χ2n) is 6.99. The molecule has 0 spiro atoms. The van der Waals surface area contributed by atoms with E-state index in [1.165, 1.54) is 6.07 Å². The smallest absolute Gasteiger partial charge is 0.191 e. The third-order valence-electron chi connectivity index (χ3n) is 4.41. The number of benzene rings is 1. The number of fused-ring (bicyclic) bond motifs is 1. The van der Waals surface area contributed by atoms with Crippen molar-refractivity contribution in [2.75, 3.05) is 13.1 Å². The molecule has 0 aliphatic rings. The Morgan fingerprint density at radius 3 is 2.78 bits per heavy atom. The lowest BCUT2D eigenvalue weighted by molar-refractivity contribution is 0.503. The standard InChI is InChI=1S/C20H25FN6/c1-4-22-19(23-13-18-26-25-17-10-5-6-11-27(17)18)24-14-20(2,3)15-8-7-9-16(21)12-15/h5-12H,4,13-14H2,1-3H3,(H2,22,23,24). The van der Waals surface area contributed by atoms with E-state index in [-0.39, 0.29) is 11.2 Å². The maximum atomic E-state index is 13.6. The molecular weight excluding hydrogens is 343 g/mol. The summed E-state index contributed by atoms with van der Waals surface area (Å²) >= 11 is 0. The molecule has 2 heterocycles. The Bertz CT molecular complexity index is 931. The molecule has 0 aliphatic carbocycles. The van der Waals surface area contributed by atoms with Gasteiger partial charge in [-0.1, -0.05) is 32.0 Å². The monoisotopic (exact) mass is 368 g/mol. The summed E-state index contributed by atoms with van der Waals surface area (Å²) < 4.78 is 15.5. The van der Waals surface area contributed by atoms with Crippen LogP contribution < -0.4 is 10.6 Å². The molecule has 0 aliphatic heterocycles. The lowest BCUT2D eigenvalue weighted by Gasteiger charge is -2.26. The first kappa shape index (κ1) is 18.8. The van der Waals surface area contributed by atoms with Crippen molar-refractivity contribution in [3.8, 4) is 0 Å². The van der Waals surface area contributed by atoms with E-state index in [1.54, 1.807) is 12.1 Å². The van der Waals surface area contributed by atoms with Crippen LogP contribution >= 0.6 is 0 Å². The van der Waals surface area contributed by atoms with E-state index < -0.39 is 0 Å². The minimum Gasteiger partial charge on any atom is -0.357 e. The van der Waals surface area contributed by atoms with Gasteiger partial charge in [0.2, 0.25) is 0 Å². The van der Waals surface area contributed by atoms with E-state index in [9.17, 15) is 4.39 Å². The van der Waals surface area contributed by atoms with Gasteiger partial charge < -0.3 is 10.6 Å². The van der Waals surface area contributed by atoms with Crippen LogP contribution in [0.1, 0.15) is 32.2 Å². The number of aliphatic imine (C=N–C) groups is 1. The molecular formula is C20H25FN6. The molecule has 27 heavy (non-hydrogen) atoms. The molecule has 7 heteroatoms. The van der Waals surface area contributed by atoms with Crippen LogP contribution in [0.15, 0.2) is 53.7 Å². The van der Waals surface area contributed by atoms with Gasteiger partial charge in [0, 0.05) is 24.7 Å². The van der Waals surface area contributed by atoms with Crippen molar-refractivity contribution in [2.24, 2.45) is 4.99 Å². The van der Waals surface area contributed by atoms with Gasteiger partial charge in [-0.15, -0.1) is 10.2 Å². The normalized spacial score (nSPS) is 12.4. The van der Waals surface area contributed by atoms with E-state index in [1.807, 2.05) is 41.8 Å². The van der Waals surface area contributed by atoms with Crippen LogP contribution in [0.5, 0.6) is 0 Å². The molecule has 0 fully saturated rings. The van der Waals surface area contributed by atoms with Crippen LogP contribution in [0.25, 0.3) is 5.65 Å². The van der Waals surface area contributed by atoms with Crippen molar-refractivity contribution in [1.29, 1.82) is 0 Å². The van der Waals surface area contributed by atoms with Crippen molar-refractivity contribution in [3.05, 3.63) is 65.9 Å². The van der Waals surface area contributed by atoms with Crippen molar-refractivity contribution in [1.82, 2.24) is 25.2 Å². The Morgan fingerprint density at radius 2 is 2.00 bits per heavy atom. The van der Waals surface area contributed by atoms with E-state index in [0.717, 1.165) is 23.6 Å². The quantitative estimate of drug-likeness (QED) is 0.519. The number of hydrogen-bond donors (Lipinski definition) is 2. The van der Waals surface area contributed by atoms with Crippen LogP contribution in [-0.2, 0) is 12.0 Å². The topological polar surface area (TPSA) is 66.6 Å². The molecule has 0 amide bonds. The summed E-state index contributed by atoms with van der Waals surface area (Å²) in [6, 6.07) is 12.5. The Kier molecular flexibility index (Phi) is 5.69. The zero-order valence-corrected chi connectivity index (χ0v) is 15.9. The molecule has 0 atom stereocenters. The maximum Gasteiger partial charge on any atom is 0.191 e. The number of nitrogens with one attached hydrogen (secondary N) is 2. The largest absolute Gasteiger partial charge is 0.357 e. The van der Waals surface area contributed by atoms with Gasteiger partial charge in [-0.05, 0) is 36.8 Å². The highest BCUT2D eigenvalue weighted by Gasteiger charge is 2.21. The number of pyridine rings is 1. The van der Waals surface area contributed by atoms with Crippen molar-refractivity contribution < 1.29 is 4.39 Å². The highest BCUT2D eigenvalue weighted by molar-refractivity contribution is 5.79. The summed E-state index contributed by atoms with van der Waals surface area (Å²) in [5, 5.41) is 14.9. The summed E-state index contributed by atoms with van der Waals surface area (Å²) in [5.41, 5.74) is 1.49. The first-order chi connectivity index (χ1) is 13.0. The maximum absolute atomic E-state index is 13.6. The van der Waals surface area contributed by atoms with E-state index in [4.69, 9.17) is 0 Å². The van der Waals surface area contributed by atoms with E-state index in [2.05, 4.69) is 39.7 Å². The van der Waals surface area contributed by atoms with Gasteiger partial charge in [-0.2, -0.15) is 0 Å². The van der Waals surface area contributed by atoms with Crippen LogP contribution in [0, 0.1) is 5.82 Å². The van der Waals surface area contributed by atoms with Crippen molar-refractivity contribution in [2.45, 2.75) is 32.7 Å². The summed E-state index contributed by atoms with van der Waals surface area (Å²) in [6.45, 7) is 7.92. The number of hydrogen-bond acceptors (Lipinski definition) is 3. The molecule has 142 valence electrons. The average molecular weight is 368 g/mol. The third-order valence-corrected chi connectivity index (χ3v) is 4.41. The predicted molar refractivity (Wildman–Crippen MR) is 105 cm³/mol. The molecule has 3 rings (SSSR count). The molecule has 3 aromatic rings. The molecule has 2 N–H and O–H groups in total. The fourth-order valence-electron chi connectivity index (χ4n) is 2.81. The van der Waals surface area contributed by atoms with Gasteiger partial charge in [-0.3, -0.25) is 4.40 Å². The van der Waals surface area contributed by atoms with Gasteiger partial charge in [0.1, 0.15) is 12.4 Å². The van der Waals surface area contributed by atoms with Gasteiger partial charge >= 0.3 is 0 Å². The number of aromatic nitrogens is 3. The average Bonchev–Trinajstić information content (AvgIpc) is 3.07. The summed E-state index contributed by atoms with van der Waals surface area (Å²) in [4.78, 5) is 4.62. The lowest BCUT2D eigenvalue weighted by Crippen LogP contribution is -2.43. The lowest BCUT2D eigenvalue weighted by atomic mass is 9.84. The van der Waals surface area contributed by atoms with Crippen LogP contribution in [0.2, 0.25) is 0 Å². The predicted octanol–water partition coefficient (Wildman–Crippen LogP) is 2.90. The highest BCUT2D eigenvalue weighted by Crippen LogP contribution is 2.22. The SMILES string of the molecule is CCNC(=NCc1nnc2ccccn12)NCC(C)(C)c1cccc(F)c1. The number of halogens is 1. The fraction of sp³-hybridized carbons (Fsp3) is 0.350. The Hall–Kier alpha value is -2.96. The molecule has 0 bridgehead atoms. The fourth-order valence-corrected chi connectivity index (χ4v) is 2.81. The zero-order chi connectivity index (χ0) is 19.3. The number of rotatable bonds is 6. The first-order valence-corrected chi connectivity index (χ1v) is 9.06. The summed E-state index contributed by atoms with van der Waals surface area (Å²) in [5.74, 6) is 1.24. The highest BCUT2D eigenvalue weighted by atomic mass is 19.1. The minimum atomic E-state index is -0.250. The first-order valence-electron chi connectivity index (χ1n) is 9.06. The molecule has 0 radical (unpaired) electrons. The Labute approximate surface area is 158 Å². The Balaban J connectivity index is 1.70. The number of guanidine groups is 1. The van der Waals surface area contributed by atoms with Crippen LogP contribution in [-0.4, -0.2) is 33.6 Å². The zero-order valence-electron chi connectivity index (χ0n) is 15.9. The molecule has 0 unspecified atom stereocenters. The summed E-state index contributed by atoms with van der Waals surface area (Å²) in [7, 11) is 0. The molecule has 0 saturated carbocycles. The van der Waals surface area contributed by atoms with Crippen molar-refractivity contribution in [3.63, 3.8) is 0 Å². The third kappa shape index (κ3) is 4.61. The van der Waals surface area contributed by atoms with Gasteiger partial charge in [0.25, 0.3) is 0 Å². The second-order valence-corrected chi connectivity index (χ2v) is 6.99. The molecule has 6 nitrogen and oxygen atoms in total. The van der Waals surface area contributed by atoms with Crippen LogP contribution in [0.3, 0.4) is 0 Å². The minimum absolute atomic E-state index is 0.222. The number of nitrogens with zero attached hydrogens (tertiary/aromatic N) is 4. The van der Waals surface area contributed by atoms with Crippen LogP contribution in [0.4, 0.5) is 4.39 Å². The molecule has 0 saturated heterocycles. The van der Waals surface area contributed by atoms with Gasteiger partial charge in [0.15, 0.2) is 17.4 Å². The molecule has 1 aromatic carbocycles. The second kappa shape index (κ2) is 8.16. The Morgan fingerprint density at radius 1 is 1.15 bits per heavy atom. The van der Waals surface area contributed by atoms with E-state index in [0.29, 0.717) is 19.0 Å². The van der Waals surface area contributed by atoms with Gasteiger partial charge in [0.05, 0.1) is 0 Å². The van der Waals surface area contributed by atoms with E-state index >= 15 is 0 Å². The molecule has 2 aromatic heterocycles. The summed E-state index contributed by atoms with van der Waals surface area (Å²) in [6.07, 6.45) is 1.92. The van der Waals surface area contributed by atoms with Crippen molar-refractivity contribution >= 4 is 11.6 Å². The van der Waals surface area contributed by atoms with Gasteiger partial charge in [-0.25, -0.2) is 9.38 Å².